The molecule has 0 aliphatic carbocycles. The first-order valence-corrected chi connectivity index (χ1v) is 12.9. The van der Waals surface area contributed by atoms with Gasteiger partial charge in [0.2, 0.25) is 15.9 Å². The van der Waals surface area contributed by atoms with Gasteiger partial charge in [0, 0.05) is 38.2 Å². The molecule has 0 aromatic heterocycles. The fourth-order valence-electron chi connectivity index (χ4n) is 3.72. The van der Waals surface area contributed by atoms with E-state index in [-0.39, 0.29) is 17.0 Å². The van der Waals surface area contributed by atoms with Crippen molar-refractivity contribution in [3.05, 3.63) is 84.1 Å². The third-order valence-corrected chi connectivity index (χ3v) is 7.90. The van der Waals surface area contributed by atoms with Crippen molar-refractivity contribution in [1.82, 2.24) is 9.62 Å². The average Bonchev–Trinajstić information content (AvgIpc) is 3.26. The molecule has 1 N–H and O–H groups in total. The summed E-state index contributed by atoms with van der Waals surface area (Å²) in [6.45, 7) is 4.55. The van der Waals surface area contributed by atoms with Crippen LogP contribution in [-0.2, 0) is 21.4 Å². The molecule has 2 aromatic carbocycles. The molecule has 0 radical (unpaired) electrons. The van der Waals surface area contributed by atoms with Crippen molar-refractivity contribution < 1.29 is 35.2 Å². The van der Waals surface area contributed by atoms with Crippen LogP contribution in [0, 0.1) is 11.6 Å². The van der Waals surface area contributed by atoms with E-state index in [4.69, 9.17) is 0 Å². The topological polar surface area (TPSA) is 78.8 Å². The molecule has 3 rings (SSSR count). The van der Waals surface area contributed by atoms with E-state index in [1.54, 1.807) is 0 Å². The number of carbonyl (C=O) groups is 1. The van der Waals surface area contributed by atoms with Crippen molar-refractivity contribution in [3.8, 4) is 0 Å². The van der Waals surface area contributed by atoms with Gasteiger partial charge in [-0.2, -0.15) is 4.31 Å². The minimum atomic E-state index is -4.31. The molecule has 38 heavy (non-hydrogen) atoms. The van der Waals surface area contributed by atoms with Gasteiger partial charge < -0.3 is 5.32 Å². The number of alkyl halides is 3. The lowest BCUT2D eigenvalue weighted by Crippen LogP contribution is -2.45. The fourth-order valence-corrected chi connectivity index (χ4v) is 5.34. The van der Waals surface area contributed by atoms with E-state index in [0.717, 1.165) is 43.5 Å². The molecule has 0 saturated carbocycles. The predicted molar refractivity (Wildman–Crippen MR) is 134 cm³/mol. The number of benzene rings is 2. The van der Waals surface area contributed by atoms with Crippen LogP contribution >= 0.6 is 0 Å². The number of halogens is 5. The van der Waals surface area contributed by atoms with Crippen LogP contribution in [0.5, 0.6) is 0 Å². The smallest absolute Gasteiger partial charge is 0.282 e. The first kappa shape index (κ1) is 29.2. The number of allylic oxidation sites excluding steroid dienone is 2. The van der Waals surface area contributed by atoms with Crippen LogP contribution < -0.4 is 5.32 Å². The Balaban J connectivity index is 1.79. The molecule has 2 atom stereocenters. The summed E-state index contributed by atoms with van der Waals surface area (Å²) in [5.74, 6) is -5.32. The van der Waals surface area contributed by atoms with Gasteiger partial charge in [0.15, 0.2) is 0 Å². The van der Waals surface area contributed by atoms with E-state index in [1.165, 1.54) is 18.2 Å². The quantitative estimate of drug-likeness (QED) is 0.268. The van der Waals surface area contributed by atoms with Gasteiger partial charge in [-0.25, -0.2) is 30.4 Å². The summed E-state index contributed by atoms with van der Waals surface area (Å²) in [6.07, 6.45) is 0.490. The monoisotopic (exact) mass is 555 g/mol. The van der Waals surface area contributed by atoms with Gasteiger partial charge in [0.25, 0.3) is 5.92 Å². The molecule has 204 valence electrons. The van der Waals surface area contributed by atoms with E-state index in [9.17, 15) is 35.2 Å². The van der Waals surface area contributed by atoms with Crippen LogP contribution in [0.15, 0.2) is 71.2 Å². The molecule has 1 amide bonds. The second-order valence-electron chi connectivity index (χ2n) is 8.79. The Labute approximate surface area is 217 Å². The van der Waals surface area contributed by atoms with Crippen LogP contribution in [0.1, 0.15) is 31.4 Å². The summed E-state index contributed by atoms with van der Waals surface area (Å²) in [5.41, 5.74) is 0.266. The zero-order valence-corrected chi connectivity index (χ0v) is 21.4. The Morgan fingerprint density at radius 1 is 1.21 bits per heavy atom. The zero-order chi connectivity index (χ0) is 28.3. The molecule has 1 heterocycles. The van der Waals surface area contributed by atoms with Crippen LogP contribution in [0.2, 0.25) is 0 Å². The van der Waals surface area contributed by atoms with Gasteiger partial charge in [-0.05, 0) is 54.5 Å². The van der Waals surface area contributed by atoms with Crippen molar-refractivity contribution in [2.75, 3.05) is 6.54 Å². The number of nitrogens with zero attached hydrogens (tertiary/aromatic N) is 2. The van der Waals surface area contributed by atoms with Crippen LogP contribution in [0.25, 0.3) is 5.57 Å². The molecule has 6 nitrogen and oxygen atoms in total. The number of carbonyl (C=O) groups excluding carboxylic acids is 1. The highest BCUT2D eigenvalue weighted by molar-refractivity contribution is 7.89. The lowest BCUT2D eigenvalue weighted by atomic mass is 10.0. The molecule has 1 aliphatic rings. The van der Waals surface area contributed by atoms with Crippen LogP contribution in [0.3, 0.4) is 0 Å². The van der Waals surface area contributed by atoms with Gasteiger partial charge in [0.1, 0.15) is 23.8 Å². The third-order valence-electron chi connectivity index (χ3n) is 6.01. The minimum Gasteiger partial charge on any atom is -0.351 e. The lowest BCUT2D eigenvalue weighted by molar-refractivity contribution is -0.124. The molecule has 1 fully saturated rings. The van der Waals surface area contributed by atoms with Crippen LogP contribution in [0.4, 0.5) is 22.0 Å². The molecule has 2 aromatic rings. The van der Waals surface area contributed by atoms with Crippen molar-refractivity contribution in [2.24, 2.45) is 4.99 Å². The summed E-state index contributed by atoms with van der Waals surface area (Å²) in [7, 11) is -4.31. The Morgan fingerprint density at radius 3 is 2.47 bits per heavy atom. The van der Waals surface area contributed by atoms with Gasteiger partial charge in [-0.15, -0.1) is 0 Å². The largest absolute Gasteiger partial charge is 0.351 e. The number of sulfonamides is 1. The Bertz CT molecular complexity index is 1370. The van der Waals surface area contributed by atoms with Crippen molar-refractivity contribution in [3.63, 3.8) is 0 Å². The van der Waals surface area contributed by atoms with Crippen molar-refractivity contribution >= 4 is 27.2 Å². The number of nitrogens with one attached hydrogen (secondary N) is 1. The van der Waals surface area contributed by atoms with Crippen LogP contribution in [-0.4, -0.2) is 49.0 Å². The third kappa shape index (κ3) is 6.73. The summed E-state index contributed by atoms with van der Waals surface area (Å²) < 4.78 is 95.4. The number of rotatable bonds is 9. The van der Waals surface area contributed by atoms with E-state index in [0.29, 0.717) is 22.4 Å². The number of amides is 1. The average molecular weight is 556 g/mol. The molecule has 2 unspecified atom stereocenters. The highest BCUT2D eigenvalue weighted by Gasteiger charge is 2.44. The first-order valence-electron chi connectivity index (χ1n) is 11.5. The molecular formula is C26H26F5N3O3S. The summed E-state index contributed by atoms with van der Waals surface area (Å²) >= 11 is 0. The zero-order valence-electron chi connectivity index (χ0n) is 20.6. The fraction of sp³-hybridized carbons (Fsp3) is 0.308. The van der Waals surface area contributed by atoms with E-state index >= 15 is 0 Å². The minimum absolute atomic E-state index is 0.00728. The highest BCUT2D eigenvalue weighted by Crippen LogP contribution is 2.28. The van der Waals surface area contributed by atoms with E-state index in [1.807, 2.05) is 0 Å². The summed E-state index contributed by atoms with van der Waals surface area (Å²) in [4.78, 5) is 16.3. The van der Waals surface area contributed by atoms with Gasteiger partial charge >= 0.3 is 0 Å². The standard InChI is InChI=1S/C26H26F5N3O3S/c1-4-17(13-32-16(2)26(3,30)31)18-5-10-23(29)19(11-18)14-33-25(35)24-12-21(28)15-34(24)38(36,37)22-8-6-20(27)7-9-22/h4-11,13,21,24H,1,12,14-15H2,2-3H3,(H,33,35). The first-order chi connectivity index (χ1) is 17.7. The Morgan fingerprint density at radius 2 is 1.87 bits per heavy atom. The Hall–Kier alpha value is -3.38. The maximum Gasteiger partial charge on any atom is 0.282 e. The van der Waals surface area contributed by atoms with E-state index < -0.39 is 64.4 Å². The predicted octanol–water partition coefficient (Wildman–Crippen LogP) is 5.03. The SMILES string of the molecule is C=CC(=CN=C(C)C(C)(F)F)c1ccc(F)c(CNC(=O)C2CC(F)CN2S(=O)(=O)c2ccc(F)cc2)c1. The van der Waals surface area contributed by atoms with Gasteiger partial charge in [-0.3, -0.25) is 9.79 Å². The summed E-state index contributed by atoms with van der Waals surface area (Å²) in [5, 5.41) is 2.44. The van der Waals surface area contributed by atoms with Crippen molar-refractivity contribution in [1.29, 1.82) is 0 Å². The highest BCUT2D eigenvalue weighted by atomic mass is 32.2. The maximum absolute atomic E-state index is 14.5. The maximum atomic E-state index is 14.5. The van der Waals surface area contributed by atoms with Gasteiger partial charge in [-0.1, -0.05) is 18.7 Å². The molecule has 1 saturated heterocycles. The molecule has 1 aliphatic heterocycles. The van der Waals surface area contributed by atoms with Crippen molar-refractivity contribution in [2.45, 2.75) is 49.8 Å². The molecule has 0 spiro atoms. The summed E-state index contributed by atoms with van der Waals surface area (Å²) in [6, 6.07) is 6.36. The lowest BCUT2D eigenvalue weighted by Gasteiger charge is -2.23. The normalized spacial score (nSPS) is 19.4. The molecule has 0 bridgehead atoms. The van der Waals surface area contributed by atoms with Gasteiger partial charge in [0.05, 0.1) is 10.6 Å². The molecule has 12 heteroatoms. The Kier molecular flexibility index (Phi) is 8.88. The number of hydrogen-bond donors (Lipinski definition) is 1. The number of aliphatic imine (C=N–C) groups is 1. The molecular weight excluding hydrogens is 529 g/mol. The second-order valence-corrected chi connectivity index (χ2v) is 10.7. The second kappa shape index (κ2) is 11.6. The van der Waals surface area contributed by atoms with E-state index in [2.05, 4.69) is 16.9 Å². The number of hydrogen-bond acceptors (Lipinski definition) is 4.